The largest absolute Gasteiger partial charge is 0.464 e. The lowest BCUT2D eigenvalue weighted by molar-refractivity contribution is -0.145. The van der Waals surface area contributed by atoms with Gasteiger partial charge >= 0.3 is 11.9 Å². The highest BCUT2D eigenvalue weighted by Crippen LogP contribution is 2.07. The van der Waals surface area contributed by atoms with Crippen molar-refractivity contribution in [3.8, 4) is 24.3 Å². The van der Waals surface area contributed by atoms with Crippen molar-refractivity contribution in [3.05, 3.63) is 47.9 Å². The third kappa shape index (κ3) is 17.8. The van der Waals surface area contributed by atoms with Crippen LogP contribution in [0.15, 0.2) is 47.9 Å². The summed E-state index contributed by atoms with van der Waals surface area (Å²) >= 11 is 0. The van der Waals surface area contributed by atoms with Gasteiger partial charge in [-0.1, -0.05) is 12.8 Å². The lowest BCUT2D eigenvalue weighted by Gasteiger charge is -2.17. The first-order valence-corrected chi connectivity index (χ1v) is 12.6. The molecule has 0 aromatic carbocycles. The maximum atomic E-state index is 11.9. The monoisotopic (exact) mass is 520 g/mol. The molecule has 0 aliphatic rings. The summed E-state index contributed by atoms with van der Waals surface area (Å²) in [5.41, 5.74) is 0.0413. The fraction of sp³-hybridized carbons (Fsp3) is 0.500. The molecule has 0 bridgehead atoms. The fourth-order valence-electron chi connectivity index (χ4n) is 2.99. The Kier molecular flexibility index (Phi) is 20.2. The van der Waals surface area contributed by atoms with Gasteiger partial charge in [0, 0.05) is 25.9 Å². The molecule has 202 valence electrons. The molecule has 0 aliphatic heterocycles. The average Bonchev–Trinajstić information content (AvgIpc) is 2.93. The van der Waals surface area contributed by atoms with Crippen molar-refractivity contribution in [1.82, 2.24) is 9.80 Å². The third-order valence-electron chi connectivity index (χ3n) is 5.21. The van der Waals surface area contributed by atoms with Crippen molar-refractivity contribution in [2.24, 2.45) is 0 Å². The number of carbonyl (C=O) groups excluding carboxylic acids is 2. The molecule has 0 spiro atoms. The average molecular weight is 521 g/mol. The molecular formula is C28H36N6O4. The molecule has 10 heteroatoms. The standard InChI is InChI=1S/C28H36N6O4/c1-3-33(15-9-11-25(21-29)22-30)17-19-37-27(35)13-7-5-6-8-14-28(36)38-20-18-34(4-2)16-10-12-26(23-31)24-32/h9-12,15-16H,3-8,13-14,17-20H2,1-2H3/b15-9+,16-10+. The van der Waals surface area contributed by atoms with Gasteiger partial charge in [0.25, 0.3) is 0 Å². The Labute approximate surface area is 225 Å². The summed E-state index contributed by atoms with van der Waals surface area (Å²) in [4.78, 5) is 27.6. The van der Waals surface area contributed by atoms with E-state index in [1.807, 2.05) is 23.6 Å². The van der Waals surface area contributed by atoms with E-state index in [9.17, 15) is 9.59 Å². The van der Waals surface area contributed by atoms with Gasteiger partial charge in [-0.3, -0.25) is 9.59 Å². The van der Waals surface area contributed by atoms with Crippen LogP contribution in [0.3, 0.4) is 0 Å². The van der Waals surface area contributed by atoms with Crippen LogP contribution in [0.2, 0.25) is 0 Å². The summed E-state index contributed by atoms with van der Waals surface area (Å²) in [7, 11) is 0. The molecule has 0 aromatic heterocycles. The minimum absolute atomic E-state index is 0.0206. The van der Waals surface area contributed by atoms with Gasteiger partial charge in [-0.05, 0) is 63.4 Å². The zero-order valence-corrected chi connectivity index (χ0v) is 22.3. The van der Waals surface area contributed by atoms with Crippen molar-refractivity contribution in [3.63, 3.8) is 0 Å². The molecule has 0 heterocycles. The number of nitriles is 4. The molecule has 0 N–H and O–H groups in total. The van der Waals surface area contributed by atoms with Crippen LogP contribution in [0.1, 0.15) is 52.4 Å². The first-order valence-electron chi connectivity index (χ1n) is 12.6. The molecule has 0 atom stereocenters. The molecule has 0 unspecified atom stereocenters. The van der Waals surface area contributed by atoms with Gasteiger partial charge in [0.2, 0.25) is 0 Å². The normalized spacial score (nSPS) is 9.95. The molecular weight excluding hydrogens is 484 g/mol. The van der Waals surface area contributed by atoms with E-state index in [-0.39, 0.29) is 36.3 Å². The predicted octanol–water partition coefficient (Wildman–Crippen LogP) is 4.03. The molecule has 0 amide bonds. The number of allylic oxidation sites excluding steroid dienone is 6. The number of carbonyl (C=O) groups is 2. The predicted molar refractivity (Wildman–Crippen MR) is 141 cm³/mol. The van der Waals surface area contributed by atoms with Gasteiger partial charge < -0.3 is 19.3 Å². The number of ether oxygens (including phenoxy) is 2. The van der Waals surface area contributed by atoms with Crippen LogP contribution in [0.4, 0.5) is 0 Å². The summed E-state index contributed by atoms with van der Waals surface area (Å²) in [5, 5.41) is 34.8. The number of esters is 2. The quantitative estimate of drug-likeness (QED) is 0.105. The number of rotatable bonds is 19. The van der Waals surface area contributed by atoms with Crippen LogP contribution in [-0.4, -0.2) is 61.1 Å². The second kappa shape index (κ2) is 22.9. The SMILES string of the molecule is CCN(/C=C/C=C(C#N)C#N)CCOC(=O)CCCCCCC(=O)OCCN(/C=C/C=C(C#N)C#N)CC. The number of likely N-dealkylation sites (N-methyl/N-ethyl adjacent to an activating group) is 2. The Balaban J connectivity index is 3.96. The minimum atomic E-state index is -0.262. The molecule has 0 aliphatic carbocycles. The van der Waals surface area contributed by atoms with Crippen LogP contribution in [-0.2, 0) is 19.1 Å². The first-order chi connectivity index (χ1) is 18.4. The van der Waals surface area contributed by atoms with E-state index in [1.54, 1.807) is 48.8 Å². The third-order valence-corrected chi connectivity index (χ3v) is 5.21. The van der Waals surface area contributed by atoms with Crippen LogP contribution in [0.5, 0.6) is 0 Å². The Morgan fingerprint density at radius 3 is 1.34 bits per heavy atom. The Morgan fingerprint density at radius 1 is 0.658 bits per heavy atom. The lowest BCUT2D eigenvalue weighted by atomic mass is 10.1. The molecule has 38 heavy (non-hydrogen) atoms. The van der Waals surface area contributed by atoms with Gasteiger partial charge in [0.15, 0.2) is 0 Å². The van der Waals surface area contributed by atoms with Gasteiger partial charge in [-0.2, -0.15) is 21.0 Å². The van der Waals surface area contributed by atoms with Crippen molar-refractivity contribution < 1.29 is 19.1 Å². The molecule has 0 radical (unpaired) electrons. The lowest BCUT2D eigenvalue weighted by Crippen LogP contribution is -2.23. The Bertz CT molecular complexity index is 904. The summed E-state index contributed by atoms with van der Waals surface area (Å²) in [6, 6.07) is 7.13. The van der Waals surface area contributed by atoms with Crippen LogP contribution in [0, 0.1) is 45.3 Å². The number of hydrogen-bond donors (Lipinski definition) is 0. The van der Waals surface area contributed by atoms with E-state index < -0.39 is 0 Å². The zero-order chi connectivity index (χ0) is 28.4. The highest BCUT2D eigenvalue weighted by atomic mass is 16.5. The topological polar surface area (TPSA) is 154 Å². The fourth-order valence-corrected chi connectivity index (χ4v) is 2.99. The van der Waals surface area contributed by atoms with Crippen LogP contribution >= 0.6 is 0 Å². The molecule has 10 nitrogen and oxygen atoms in total. The molecule has 0 aromatic rings. The second-order valence-corrected chi connectivity index (χ2v) is 7.90. The Hall–Kier alpha value is -4.54. The van der Waals surface area contributed by atoms with E-state index in [0.717, 1.165) is 12.8 Å². The van der Waals surface area contributed by atoms with Gasteiger partial charge in [-0.15, -0.1) is 0 Å². The minimum Gasteiger partial charge on any atom is -0.464 e. The number of hydrogen-bond acceptors (Lipinski definition) is 10. The molecule has 0 saturated heterocycles. The molecule has 0 fully saturated rings. The zero-order valence-electron chi connectivity index (χ0n) is 22.3. The summed E-state index contributed by atoms with van der Waals surface area (Å²) in [5.74, 6) is -0.524. The number of nitrogens with zero attached hydrogens (tertiary/aromatic N) is 6. The van der Waals surface area contributed by atoms with Gasteiger partial charge in [-0.25, -0.2) is 0 Å². The van der Waals surface area contributed by atoms with E-state index in [1.165, 1.54) is 12.2 Å². The Morgan fingerprint density at radius 2 is 1.03 bits per heavy atom. The molecule has 0 saturated carbocycles. The van der Waals surface area contributed by atoms with Crippen LogP contribution < -0.4 is 0 Å². The highest BCUT2D eigenvalue weighted by Gasteiger charge is 2.06. The van der Waals surface area contributed by atoms with Crippen molar-refractivity contribution >= 4 is 11.9 Å². The van der Waals surface area contributed by atoms with E-state index >= 15 is 0 Å². The smallest absolute Gasteiger partial charge is 0.305 e. The van der Waals surface area contributed by atoms with Crippen molar-refractivity contribution in [2.75, 3.05) is 39.4 Å². The van der Waals surface area contributed by atoms with Crippen LogP contribution in [0.25, 0.3) is 0 Å². The van der Waals surface area contributed by atoms with Gasteiger partial charge in [0.05, 0.1) is 13.1 Å². The van der Waals surface area contributed by atoms with E-state index in [0.29, 0.717) is 51.9 Å². The highest BCUT2D eigenvalue weighted by molar-refractivity contribution is 5.69. The molecule has 0 rings (SSSR count). The second-order valence-electron chi connectivity index (χ2n) is 7.90. The van der Waals surface area contributed by atoms with E-state index in [2.05, 4.69) is 0 Å². The van der Waals surface area contributed by atoms with E-state index in [4.69, 9.17) is 30.5 Å². The summed E-state index contributed by atoms with van der Waals surface area (Å²) in [6.45, 7) is 6.80. The summed E-state index contributed by atoms with van der Waals surface area (Å²) in [6.07, 6.45) is 13.2. The van der Waals surface area contributed by atoms with Gasteiger partial charge in [0.1, 0.15) is 48.6 Å². The summed E-state index contributed by atoms with van der Waals surface area (Å²) < 4.78 is 10.5. The van der Waals surface area contributed by atoms with Crippen molar-refractivity contribution in [2.45, 2.75) is 52.4 Å². The maximum absolute atomic E-state index is 11.9. The first kappa shape index (κ1) is 33.5. The van der Waals surface area contributed by atoms with Crippen molar-refractivity contribution in [1.29, 1.82) is 21.0 Å². The maximum Gasteiger partial charge on any atom is 0.305 e. The number of unbranched alkanes of at least 4 members (excludes halogenated alkanes) is 3.